The van der Waals surface area contributed by atoms with Crippen molar-refractivity contribution in [2.24, 2.45) is 4.99 Å². The molecule has 2 aromatic rings. The SMILES string of the molecule is O=CO[C@H]1O[C@@H](Oc2ccc3nc(C4=N[C@@H](C(=O)O)CS4)sc3c2)[C@H](O)[C@@H](O)[C@@H]1O. The van der Waals surface area contributed by atoms with E-state index >= 15 is 0 Å². The molecule has 0 aliphatic carbocycles. The van der Waals surface area contributed by atoms with Gasteiger partial charge in [0.2, 0.25) is 12.6 Å². The predicted octanol–water partition coefficient (Wildman–Crippen LogP) is -0.440. The molecule has 13 heteroatoms. The standard InChI is InChI=1S/C17H16N2O9S2/c20-5-26-16-11(22)10(21)12(23)17(28-16)27-6-1-2-7-9(3-6)30-14(18-7)13-19-8(4-29-13)15(24)25/h1-3,5,8,10-12,16-17,21-23H,4H2,(H,24,25)/t8-,10+,11+,12-,16+,17-/m1/s1. The average molecular weight is 456 g/mol. The van der Waals surface area contributed by atoms with Gasteiger partial charge in [0.1, 0.15) is 34.1 Å². The number of carbonyl (C=O) groups excluding carboxylic acids is 1. The van der Waals surface area contributed by atoms with Crippen molar-refractivity contribution in [2.45, 2.75) is 36.9 Å². The molecule has 0 saturated carbocycles. The first-order valence-corrected chi connectivity index (χ1v) is 10.5. The third-order valence-corrected chi connectivity index (χ3v) is 6.66. The zero-order chi connectivity index (χ0) is 21.4. The Morgan fingerprint density at radius 2 is 1.97 bits per heavy atom. The lowest BCUT2D eigenvalue weighted by molar-refractivity contribution is -0.321. The van der Waals surface area contributed by atoms with Crippen molar-refractivity contribution in [1.82, 2.24) is 4.98 Å². The Balaban J connectivity index is 1.53. The summed E-state index contributed by atoms with van der Waals surface area (Å²) in [5.41, 5.74) is 0.646. The Kier molecular flexibility index (Phi) is 5.90. The van der Waals surface area contributed by atoms with Gasteiger partial charge in [0.25, 0.3) is 6.47 Å². The third-order valence-electron chi connectivity index (χ3n) is 4.45. The van der Waals surface area contributed by atoms with Crippen LogP contribution in [0.1, 0.15) is 5.01 Å². The fourth-order valence-electron chi connectivity index (χ4n) is 2.90. The number of aliphatic hydroxyl groups excluding tert-OH is 3. The van der Waals surface area contributed by atoms with E-state index in [4.69, 9.17) is 14.6 Å². The molecule has 0 radical (unpaired) electrons. The van der Waals surface area contributed by atoms with Gasteiger partial charge in [-0.2, -0.15) is 0 Å². The highest BCUT2D eigenvalue weighted by atomic mass is 32.2. The number of rotatable bonds is 6. The smallest absolute Gasteiger partial charge is 0.329 e. The molecule has 4 rings (SSSR count). The van der Waals surface area contributed by atoms with Crippen LogP contribution in [0.5, 0.6) is 5.75 Å². The second-order valence-electron chi connectivity index (χ2n) is 6.44. The summed E-state index contributed by atoms with van der Waals surface area (Å²) in [5.74, 6) is -0.353. The summed E-state index contributed by atoms with van der Waals surface area (Å²) in [6, 6.07) is 4.08. The van der Waals surface area contributed by atoms with Crippen LogP contribution in [-0.2, 0) is 19.1 Å². The Morgan fingerprint density at radius 3 is 2.67 bits per heavy atom. The molecule has 0 spiro atoms. The molecule has 0 unspecified atom stereocenters. The van der Waals surface area contributed by atoms with E-state index in [0.29, 0.717) is 21.3 Å². The molecule has 11 nitrogen and oxygen atoms in total. The van der Waals surface area contributed by atoms with Crippen molar-refractivity contribution < 1.29 is 44.2 Å². The number of nitrogens with zero attached hydrogens (tertiary/aromatic N) is 2. The van der Waals surface area contributed by atoms with Crippen LogP contribution in [0.15, 0.2) is 23.2 Å². The number of fused-ring (bicyclic) bond motifs is 1. The molecule has 3 heterocycles. The van der Waals surface area contributed by atoms with Gasteiger partial charge in [0.05, 0.1) is 10.2 Å². The second-order valence-corrected chi connectivity index (χ2v) is 8.48. The highest BCUT2D eigenvalue weighted by Crippen LogP contribution is 2.33. The Bertz CT molecular complexity index is 997. The zero-order valence-electron chi connectivity index (χ0n) is 15.0. The number of aliphatic carboxylic acids is 1. The van der Waals surface area contributed by atoms with Crippen molar-refractivity contribution in [2.75, 3.05) is 5.75 Å². The van der Waals surface area contributed by atoms with Crippen LogP contribution in [0.2, 0.25) is 0 Å². The van der Waals surface area contributed by atoms with Crippen molar-refractivity contribution in [3.8, 4) is 5.75 Å². The maximum Gasteiger partial charge on any atom is 0.329 e. The van der Waals surface area contributed by atoms with Crippen LogP contribution in [0.25, 0.3) is 10.2 Å². The Morgan fingerprint density at radius 1 is 1.20 bits per heavy atom. The lowest BCUT2D eigenvalue weighted by Crippen LogP contribution is -2.59. The molecular weight excluding hydrogens is 440 g/mol. The Labute approximate surface area is 176 Å². The van der Waals surface area contributed by atoms with Gasteiger partial charge in [-0.15, -0.1) is 23.1 Å². The van der Waals surface area contributed by atoms with Gasteiger partial charge in [-0.3, -0.25) is 14.5 Å². The quantitative estimate of drug-likeness (QED) is 0.416. The van der Waals surface area contributed by atoms with E-state index in [2.05, 4.69) is 14.7 Å². The average Bonchev–Trinajstić information content (AvgIpc) is 3.36. The van der Waals surface area contributed by atoms with Gasteiger partial charge in [0, 0.05) is 5.75 Å². The highest BCUT2D eigenvalue weighted by molar-refractivity contribution is 8.15. The molecule has 1 fully saturated rings. The first kappa shape index (κ1) is 21.0. The lowest BCUT2D eigenvalue weighted by Gasteiger charge is -2.38. The number of carboxylic acids is 1. The lowest BCUT2D eigenvalue weighted by atomic mass is 10.0. The fourth-order valence-corrected chi connectivity index (χ4v) is 4.99. The topological polar surface area (TPSA) is 168 Å². The van der Waals surface area contributed by atoms with Crippen molar-refractivity contribution in [1.29, 1.82) is 0 Å². The van der Waals surface area contributed by atoms with Gasteiger partial charge >= 0.3 is 5.97 Å². The number of thiazole rings is 1. The number of aliphatic hydroxyl groups is 3. The van der Waals surface area contributed by atoms with Crippen LogP contribution in [-0.4, -0.2) is 85.6 Å². The van der Waals surface area contributed by atoms with Gasteiger partial charge in [-0.25, -0.2) is 9.78 Å². The van der Waals surface area contributed by atoms with Crippen LogP contribution >= 0.6 is 23.1 Å². The minimum Gasteiger partial charge on any atom is -0.480 e. The molecule has 2 aliphatic heterocycles. The summed E-state index contributed by atoms with van der Waals surface area (Å²) in [4.78, 5) is 30.2. The van der Waals surface area contributed by atoms with E-state index in [-0.39, 0.29) is 12.2 Å². The molecule has 6 atom stereocenters. The number of carbonyl (C=O) groups is 2. The maximum atomic E-state index is 11.1. The normalized spacial score (nSPS) is 31.4. The van der Waals surface area contributed by atoms with Crippen molar-refractivity contribution in [3.05, 3.63) is 23.2 Å². The third kappa shape index (κ3) is 3.99. The minimum atomic E-state index is -1.65. The van der Waals surface area contributed by atoms with E-state index < -0.39 is 42.9 Å². The largest absolute Gasteiger partial charge is 0.480 e. The predicted molar refractivity (Wildman–Crippen MR) is 104 cm³/mol. The van der Waals surface area contributed by atoms with E-state index in [9.17, 15) is 24.9 Å². The Hall–Kier alpha value is -2.29. The van der Waals surface area contributed by atoms with Gasteiger partial charge in [-0.05, 0) is 18.2 Å². The number of aromatic nitrogens is 1. The minimum absolute atomic E-state index is 0.0545. The first-order valence-electron chi connectivity index (χ1n) is 8.67. The van der Waals surface area contributed by atoms with Crippen molar-refractivity contribution in [3.63, 3.8) is 0 Å². The molecule has 2 aliphatic rings. The number of hydrogen-bond donors (Lipinski definition) is 4. The van der Waals surface area contributed by atoms with Crippen LogP contribution in [0.3, 0.4) is 0 Å². The second kappa shape index (κ2) is 8.45. The first-order chi connectivity index (χ1) is 14.4. The summed E-state index contributed by atoms with van der Waals surface area (Å²) < 4.78 is 16.1. The van der Waals surface area contributed by atoms with Crippen LogP contribution < -0.4 is 4.74 Å². The number of aliphatic imine (C=N–C) groups is 1. The summed E-state index contributed by atoms with van der Waals surface area (Å²) in [6.45, 7) is 0.0545. The van der Waals surface area contributed by atoms with Crippen LogP contribution in [0, 0.1) is 0 Å². The highest BCUT2D eigenvalue weighted by Gasteiger charge is 2.46. The van der Waals surface area contributed by atoms with E-state index in [0.717, 1.165) is 4.70 Å². The van der Waals surface area contributed by atoms with E-state index in [1.165, 1.54) is 23.1 Å². The summed E-state index contributed by atoms with van der Waals surface area (Å²) in [5, 5.41) is 40.0. The van der Waals surface area contributed by atoms with E-state index in [1.807, 2.05) is 0 Å². The summed E-state index contributed by atoms with van der Waals surface area (Å²) >= 11 is 2.62. The number of thioether (sulfide) groups is 1. The van der Waals surface area contributed by atoms with Crippen molar-refractivity contribution >= 4 is 50.8 Å². The number of ether oxygens (including phenoxy) is 3. The monoisotopic (exact) mass is 456 g/mol. The molecule has 1 aromatic carbocycles. The summed E-state index contributed by atoms with van der Waals surface area (Å²) in [7, 11) is 0. The molecule has 160 valence electrons. The number of benzene rings is 1. The zero-order valence-corrected chi connectivity index (χ0v) is 16.7. The summed E-state index contributed by atoms with van der Waals surface area (Å²) in [6.07, 6.45) is -7.76. The van der Waals surface area contributed by atoms with Gasteiger partial charge in [-0.1, -0.05) is 0 Å². The molecule has 30 heavy (non-hydrogen) atoms. The van der Waals surface area contributed by atoms with Gasteiger partial charge < -0.3 is 29.9 Å². The maximum absolute atomic E-state index is 11.1. The van der Waals surface area contributed by atoms with Gasteiger partial charge in [0.15, 0.2) is 6.04 Å². The molecule has 0 bridgehead atoms. The van der Waals surface area contributed by atoms with E-state index in [1.54, 1.807) is 18.2 Å². The molecule has 0 amide bonds. The van der Waals surface area contributed by atoms with Crippen LogP contribution in [0.4, 0.5) is 0 Å². The number of carboxylic acid groups (broad SMARTS) is 1. The molecule has 1 aromatic heterocycles. The molecule has 4 N–H and O–H groups in total. The molecular formula is C17H16N2O9S2. The fraction of sp³-hybridized carbons (Fsp3) is 0.412. The molecule has 1 saturated heterocycles. The number of hydrogen-bond acceptors (Lipinski definition) is 12.